The van der Waals surface area contributed by atoms with E-state index in [0.717, 1.165) is 27.5 Å². The third-order valence-corrected chi connectivity index (χ3v) is 4.26. The molecule has 0 unspecified atom stereocenters. The van der Waals surface area contributed by atoms with Crippen LogP contribution in [-0.4, -0.2) is 19.9 Å². The van der Waals surface area contributed by atoms with Crippen LogP contribution in [0.2, 0.25) is 0 Å². The summed E-state index contributed by atoms with van der Waals surface area (Å²) in [4.78, 5) is 16.2. The van der Waals surface area contributed by atoms with Crippen molar-refractivity contribution in [2.45, 2.75) is 25.7 Å². The van der Waals surface area contributed by atoms with Gasteiger partial charge in [0, 0.05) is 17.8 Å². The zero-order valence-corrected chi connectivity index (χ0v) is 12.2. The maximum absolute atomic E-state index is 5.29. The second-order valence-electron chi connectivity index (χ2n) is 4.38. The standard InChI is InChI=1S/C12H11BrN4S/c1-6-14-5-4-8(15-6)11-16-10(7-2-3-7)9(13)12(18)17-11/h4-5,7H,2-3H2,1H3,(H,16,17,18). The van der Waals surface area contributed by atoms with E-state index >= 15 is 0 Å². The number of nitrogens with zero attached hydrogens (tertiary/aromatic N) is 3. The van der Waals surface area contributed by atoms with Gasteiger partial charge in [-0.25, -0.2) is 15.0 Å². The minimum atomic E-state index is 0.575. The Labute approximate surface area is 118 Å². The van der Waals surface area contributed by atoms with E-state index in [1.165, 1.54) is 12.8 Å². The lowest BCUT2D eigenvalue weighted by atomic mass is 10.2. The van der Waals surface area contributed by atoms with E-state index in [1.54, 1.807) is 6.20 Å². The van der Waals surface area contributed by atoms with Gasteiger partial charge in [0.1, 0.15) is 16.2 Å². The van der Waals surface area contributed by atoms with Crippen molar-refractivity contribution in [2.24, 2.45) is 0 Å². The molecule has 2 heterocycles. The number of halogens is 1. The highest BCUT2D eigenvalue weighted by Crippen LogP contribution is 2.42. The van der Waals surface area contributed by atoms with Gasteiger partial charge in [0.05, 0.1) is 4.47 Å². The quantitative estimate of drug-likeness (QED) is 0.859. The molecule has 1 aliphatic carbocycles. The number of nitrogens with one attached hydrogen (secondary N) is 1. The first kappa shape index (κ1) is 11.9. The van der Waals surface area contributed by atoms with Crippen molar-refractivity contribution >= 4 is 28.1 Å². The van der Waals surface area contributed by atoms with Gasteiger partial charge in [0.2, 0.25) is 0 Å². The average Bonchev–Trinajstić information content (AvgIpc) is 3.16. The van der Waals surface area contributed by atoms with Crippen molar-refractivity contribution in [3.8, 4) is 11.5 Å². The highest BCUT2D eigenvalue weighted by Gasteiger charge is 2.27. The molecule has 6 heteroatoms. The summed E-state index contributed by atoms with van der Waals surface area (Å²) in [6.45, 7) is 1.86. The van der Waals surface area contributed by atoms with Crippen LogP contribution in [0.1, 0.15) is 30.3 Å². The molecule has 1 aliphatic rings. The molecule has 92 valence electrons. The van der Waals surface area contributed by atoms with Gasteiger partial charge in [-0.05, 0) is 41.8 Å². The smallest absolute Gasteiger partial charge is 0.158 e. The Morgan fingerprint density at radius 3 is 2.83 bits per heavy atom. The van der Waals surface area contributed by atoms with Crippen molar-refractivity contribution in [1.82, 2.24) is 19.9 Å². The van der Waals surface area contributed by atoms with E-state index in [-0.39, 0.29) is 0 Å². The zero-order valence-electron chi connectivity index (χ0n) is 9.77. The van der Waals surface area contributed by atoms with E-state index < -0.39 is 0 Å². The predicted octanol–water partition coefficient (Wildman–Crippen LogP) is 3.54. The van der Waals surface area contributed by atoms with Gasteiger partial charge >= 0.3 is 0 Å². The summed E-state index contributed by atoms with van der Waals surface area (Å²) >= 11 is 8.80. The molecule has 1 N–H and O–H groups in total. The van der Waals surface area contributed by atoms with Gasteiger partial charge in [0.15, 0.2) is 5.82 Å². The lowest BCUT2D eigenvalue weighted by Gasteiger charge is -2.07. The molecule has 0 amide bonds. The van der Waals surface area contributed by atoms with E-state index in [1.807, 2.05) is 13.0 Å². The normalized spacial score (nSPS) is 14.8. The lowest BCUT2D eigenvalue weighted by molar-refractivity contribution is 0.956. The van der Waals surface area contributed by atoms with Crippen LogP contribution < -0.4 is 0 Å². The summed E-state index contributed by atoms with van der Waals surface area (Å²) in [5.74, 6) is 2.02. The number of aromatic nitrogens is 4. The molecule has 4 nitrogen and oxygen atoms in total. The van der Waals surface area contributed by atoms with Crippen molar-refractivity contribution in [3.63, 3.8) is 0 Å². The van der Waals surface area contributed by atoms with Gasteiger partial charge in [0.25, 0.3) is 0 Å². The van der Waals surface area contributed by atoms with Gasteiger partial charge in [-0.3, -0.25) is 0 Å². The summed E-state index contributed by atoms with van der Waals surface area (Å²) in [5.41, 5.74) is 1.92. The first-order valence-electron chi connectivity index (χ1n) is 5.75. The summed E-state index contributed by atoms with van der Waals surface area (Å²) in [7, 11) is 0. The molecule has 2 aromatic heterocycles. The molecule has 0 radical (unpaired) electrons. The minimum absolute atomic E-state index is 0.575. The van der Waals surface area contributed by atoms with Gasteiger partial charge in [-0.15, -0.1) is 0 Å². The molecule has 0 saturated heterocycles. The number of aromatic amines is 1. The van der Waals surface area contributed by atoms with Crippen molar-refractivity contribution in [1.29, 1.82) is 0 Å². The van der Waals surface area contributed by atoms with E-state index in [2.05, 4.69) is 35.9 Å². The fraction of sp³-hybridized carbons (Fsp3) is 0.333. The molecule has 0 atom stereocenters. The van der Waals surface area contributed by atoms with Crippen LogP contribution in [-0.2, 0) is 0 Å². The lowest BCUT2D eigenvalue weighted by Crippen LogP contribution is -1.99. The molecule has 0 spiro atoms. The van der Waals surface area contributed by atoms with Crippen LogP contribution in [0.15, 0.2) is 16.7 Å². The number of rotatable bonds is 2. The van der Waals surface area contributed by atoms with Crippen molar-refractivity contribution in [2.75, 3.05) is 0 Å². The van der Waals surface area contributed by atoms with Crippen LogP contribution in [0.3, 0.4) is 0 Å². The number of hydrogen-bond donors (Lipinski definition) is 1. The van der Waals surface area contributed by atoms with Crippen LogP contribution in [0.25, 0.3) is 11.5 Å². The minimum Gasteiger partial charge on any atom is -0.341 e. The molecule has 18 heavy (non-hydrogen) atoms. The Morgan fingerprint density at radius 2 is 2.17 bits per heavy atom. The maximum atomic E-state index is 5.29. The SMILES string of the molecule is Cc1nccc(-c2nc(=S)c(Br)c(C3CC3)[nH]2)n1. The molecule has 1 fully saturated rings. The van der Waals surface area contributed by atoms with E-state index in [0.29, 0.717) is 10.6 Å². The van der Waals surface area contributed by atoms with Crippen molar-refractivity contribution in [3.05, 3.63) is 32.9 Å². The average molecular weight is 323 g/mol. The van der Waals surface area contributed by atoms with E-state index in [4.69, 9.17) is 12.2 Å². The Morgan fingerprint density at radius 1 is 1.39 bits per heavy atom. The van der Waals surface area contributed by atoms with Crippen molar-refractivity contribution < 1.29 is 0 Å². The number of H-pyrrole nitrogens is 1. The second-order valence-corrected chi connectivity index (χ2v) is 5.56. The fourth-order valence-corrected chi connectivity index (χ4v) is 2.55. The molecule has 0 aromatic carbocycles. The molecular formula is C12H11BrN4S. The first-order valence-corrected chi connectivity index (χ1v) is 6.95. The third kappa shape index (κ3) is 2.22. The maximum Gasteiger partial charge on any atom is 0.158 e. The fourth-order valence-electron chi connectivity index (χ4n) is 1.84. The van der Waals surface area contributed by atoms with Crippen LogP contribution in [0.5, 0.6) is 0 Å². The predicted molar refractivity (Wildman–Crippen MR) is 74.9 cm³/mol. The Balaban J connectivity index is 2.15. The van der Waals surface area contributed by atoms with E-state index in [9.17, 15) is 0 Å². The molecule has 0 bridgehead atoms. The second kappa shape index (κ2) is 4.51. The third-order valence-electron chi connectivity index (χ3n) is 2.89. The van der Waals surface area contributed by atoms with Crippen LogP contribution >= 0.6 is 28.1 Å². The summed E-state index contributed by atoms with van der Waals surface area (Å²) in [5, 5.41) is 0. The first-order chi connectivity index (χ1) is 8.65. The Kier molecular flexibility index (Phi) is 2.99. The summed E-state index contributed by atoms with van der Waals surface area (Å²) in [6.07, 6.45) is 4.14. The number of hydrogen-bond acceptors (Lipinski definition) is 4. The largest absolute Gasteiger partial charge is 0.341 e. The Hall–Kier alpha value is -1.14. The van der Waals surface area contributed by atoms with Gasteiger partial charge in [-0.1, -0.05) is 12.2 Å². The molecule has 0 aliphatic heterocycles. The zero-order chi connectivity index (χ0) is 12.7. The molecule has 3 rings (SSSR count). The van der Waals surface area contributed by atoms with Gasteiger partial charge < -0.3 is 4.98 Å². The molecular weight excluding hydrogens is 312 g/mol. The molecule has 1 saturated carbocycles. The van der Waals surface area contributed by atoms with Crippen LogP contribution in [0.4, 0.5) is 0 Å². The number of aryl methyl sites for hydroxylation is 1. The Bertz CT molecular complexity index is 663. The highest BCUT2D eigenvalue weighted by atomic mass is 79.9. The highest BCUT2D eigenvalue weighted by molar-refractivity contribution is 9.10. The summed E-state index contributed by atoms with van der Waals surface area (Å²) < 4.78 is 1.50. The molecule has 2 aromatic rings. The van der Waals surface area contributed by atoms with Gasteiger partial charge in [-0.2, -0.15) is 0 Å². The monoisotopic (exact) mass is 322 g/mol. The topological polar surface area (TPSA) is 54.5 Å². The summed E-state index contributed by atoms with van der Waals surface area (Å²) in [6, 6.07) is 1.84. The van der Waals surface area contributed by atoms with Crippen LogP contribution in [0, 0.1) is 11.6 Å².